The van der Waals surface area contributed by atoms with Crippen LogP contribution in [0.2, 0.25) is 0 Å². The highest BCUT2D eigenvalue weighted by Gasteiger charge is 2.14. The monoisotopic (exact) mass is 296 g/mol. The highest BCUT2D eigenvalue weighted by Crippen LogP contribution is 2.20. The number of aryl methyl sites for hydroxylation is 1. The van der Waals surface area contributed by atoms with Crippen molar-refractivity contribution in [1.29, 1.82) is 0 Å². The molecule has 0 atom stereocenters. The minimum Gasteiger partial charge on any atom is -0.383 e. The Morgan fingerprint density at radius 3 is 2.40 bits per heavy atom. The Bertz CT molecular complexity index is 617. The van der Waals surface area contributed by atoms with E-state index in [2.05, 4.69) is 10.6 Å². The summed E-state index contributed by atoms with van der Waals surface area (Å²) in [4.78, 5) is 11.9. The quantitative estimate of drug-likeness (QED) is 0.909. The molecule has 1 amide bonds. The first-order chi connectivity index (χ1) is 9.52. The van der Waals surface area contributed by atoms with E-state index in [4.69, 9.17) is 0 Å². The molecule has 6 heteroatoms. The Hall–Kier alpha value is -1.95. The van der Waals surface area contributed by atoms with Crippen LogP contribution in [0, 0.1) is 18.6 Å². The van der Waals surface area contributed by atoms with E-state index in [1.54, 1.807) is 11.3 Å². The number of hydrogen-bond acceptors (Lipinski definition) is 3. The Kier molecular flexibility index (Phi) is 4.34. The van der Waals surface area contributed by atoms with Crippen molar-refractivity contribution in [3.8, 4) is 0 Å². The van der Waals surface area contributed by atoms with E-state index < -0.39 is 17.5 Å². The molecule has 0 saturated heterocycles. The molecule has 0 aliphatic carbocycles. The summed E-state index contributed by atoms with van der Waals surface area (Å²) in [5.41, 5.74) is 1.80. The Morgan fingerprint density at radius 1 is 1.25 bits per heavy atom. The summed E-state index contributed by atoms with van der Waals surface area (Å²) in [5, 5.41) is 8.97. The van der Waals surface area contributed by atoms with Gasteiger partial charge in [0.25, 0.3) is 5.91 Å². The molecule has 1 aromatic heterocycles. The lowest BCUT2D eigenvalue weighted by molar-refractivity contribution is 0.0950. The standard InChI is InChI=1S/C14H14F2N2OS/c1-8-6-20-7-10(8)5-18-14(19)9-3-11(15)13(17-2)12(16)4-9/h3-4,6-7,17H,5H2,1-2H3,(H,18,19). The lowest BCUT2D eigenvalue weighted by atomic mass is 10.1. The molecule has 20 heavy (non-hydrogen) atoms. The molecule has 0 unspecified atom stereocenters. The van der Waals surface area contributed by atoms with Gasteiger partial charge in [-0.2, -0.15) is 11.3 Å². The summed E-state index contributed by atoms with van der Waals surface area (Å²) in [6.07, 6.45) is 0. The van der Waals surface area contributed by atoms with Crippen molar-refractivity contribution in [2.24, 2.45) is 0 Å². The van der Waals surface area contributed by atoms with E-state index in [1.165, 1.54) is 7.05 Å². The number of carbonyl (C=O) groups is 1. The maximum absolute atomic E-state index is 13.6. The molecule has 0 saturated carbocycles. The molecule has 2 aromatic rings. The predicted octanol–water partition coefficient (Wildman–Crippen LogP) is 3.31. The topological polar surface area (TPSA) is 41.1 Å². The first kappa shape index (κ1) is 14.5. The number of anilines is 1. The van der Waals surface area contributed by atoms with Gasteiger partial charge in [0, 0.05) is 19.2 Å². The van der Waals surface area contributed by atoms with Gasteiger partial charge < -0.3 is 10.6 Å². The van der Waals surface area contributed by atoms with Crippen LogP contribution in [0.1, 0.15) is 21.5 Å². The van der Waals surface area contributed by atoms with E-state index in [1.807, 2.05) is 17.7 Å². The van der Waals surface area contributed by atoms with Crippen LogP contribution in [0.25, 0.3) is 0 Å². The minimum atomic E-state index is -0.788. The second kappa shape index (κ2) is 6.00. The number of amides is 1. The van der Waals surface area contributed by atoms with E-state index in [-0.39, 0.29) is 11.3 Å². The third-order valence-electron chi connectivity index (χ3n) is 2.96. The molecule has 0 bridgehead atoms. The number of hydrogen-bond donors (Lipinski definition) is 2. The Balaban J connectivity index is 2.12. The van der Waals surface area contributed by atoms with Gasteiger partial charge in [0.15, 0.2) is 0 Å². The summed E-state index contributed by atoms with van der Waals surface area (Å²) in [5.74, 6) is -2.08. The van der Waals surface area contributed by atoms with Crippen LogP contribution in [0.5, 0.6) is 0 Å². The Morgan fingerprint density at radius 2 is 1.90 bits per heavy atom. The zero-order chi connectivity index (χ0) is 14.7. The maximum atomic E-state index is 13.6. The van der Waals surface area contributed by atoms with E-state index in [0.717, 1.165) is 23.3 Å². The number of nitrogens with one attached hydrogen (secondary N) is 2. The number of rotatable bonds is 4. The fraction of sp³-hybridized carbons (Fsp3) is 0.214. The third-order valence-corrected chi connectivity index (χ3v) is 3.87. The van der Waals surface area contributed by atoms with E-state index >= 15 is 0 Å². The molecule has 0 radical (unpaired) electrons. The van der Waals surface area contributed by atoms with Crippen molar-refractivity contribution in [2.75, 3.05) is 12.4 Å². The van der Waals surface area contributed by atoms with Gasteiger partial charge in [0.2, 0.25) is 0 Å². The summed E-state index contributed by atoms with van der Waals surface area (Å²) >= 11 is 1.54. The first-order valence-electron chi connectivity index (χ1n) is 5.99. The first-order valence-corrected chi connectivity index (χ1v) is 6.94. The average molecular weight is 296 g/mol. The normalized spacial score (nSPS) is 10.4. The lowest BCUT2D eigenvalue weighted by Gasteiger charge is -2.08. The number of benzene rings is 1. The molecule has 0 aliphatic rings. The van der Waals surface area contributed by atoms with Crippen molar-refractivity contribution in [3.63, 3.8) is 0 Å². The average Bonchev–Trinajstić information content (AvgIpc) is 2.81. The van der Waals surface area contributed by atoms with Crippen molar-refractivity contribution in [3.05, 3.63) is 51.2 Å². The zero-order valence-electron chi connectivity index (χ0n) is 11.1. The summed E-state index contributed by atoms with van der Waals surface area (Å²) in [6, 6.07) is 2.04. The van der Waals surface area contributed by atoms with Crippen LogP contribution in [0.3, 0.4) is 0 Å². The van der Waals surface area contributed by atoms with Crippen molar-refractivity contribution >= 4 is 22.9 Å². The molecule has 3 nitrogen and oxygen atoms in total. The van der Waals surface area contributed by atoms with Gasteiger partial charge in [0.05, 0.1) is 0 Å². The molecule has 2 rings (SSSR count). The van der Waals surface area contributed by atoms with Gasteiger partial charge in [-0.05, 0) is 40.9 Å². The van der Waals surface area contributed by atoms with Crippen LogP contribution >= 0.6 is 11.3 Å². The zero-order valence-corrected chi connectivity index (χ0v) is 11.9. The van der Waals surface area contributed by atoms with E-state index in [9.17, 15) is 13.6 Å². The third kappa shape index (κ3) is 2.96. The molecule has 0 aliphatic heterocycles. The van der Waals surface area contributed by atoms with Gasteiger partial charge in [-0.3, -0.25) is 4.79 Å². The largest absolute Gasteiger partial charge is 0.383 e. The van der Waals surface area contributed by atoms with Crippen LogP contribution < -0.4 is 10.6 Å². The highest BCUT2D eigenvalue weighted by atomic mass is 32.1. The van der Waals surface area contributed by atoms with Crippen LogP contribution in [0.15, 0.2) is 22.9 Å². The molecule has 2 N–H and O–H groups in total. The molecular weight excluding hydrogens is 282 g/mol. The van der Waals surface area contributed by atoms with Crippen molar-refractivity contribution in [1.82, 2.24) is 5.32 Å². The SMILES string of the molecule is CNc1c(F)cc(C(=O)NCc2cscc2C)cc1F. The van der Waals surface area contributed by atoms with Gasteiger partial charge in [-0.25, -0.2) is 8.78 Å². The van der Waals surface area contributed by atoms with Crippen LogP contribution in [0.4, 0.5) is 14.5 Å². The van der Waals surface area contributed by atoms with Gasteiger partial charge in [0.1, 0.15) is 17.3 Å². The summed E-state index contributed by atoms with van der Waals surface area (Å²) in [7, 11) is 1.42. The van der Waals surface area contributed by atoms with Crippen molar-refractivity contribution < 1.29 is 13.6 Å². The number of thiophene rings is 1. The van der Waals surface area contributed by atoms with Crippen LogP contribution in [-0.4, -0.2) is 13.0 Å². The minimum absolute atomic E-state index is 0.0353. The maximum Gasteiger partial charge on any atom is 0.251 e. The molecule has 1 aromatic carbocycles. The predicted molar refractivity (Wildman–Crippen MR) is 76.1 cm³/mol. The summed E-state index contributed by atoms with van der Waals surface area (Å²) in [6.45, 7) is 2.28. The molecule has 0 spiro atoms. The molecular formula is C14H14F2N2OS. The second-order valence-corrected chi connectivity index (χ2v) is 5.07. The lowest BCUT2D eigenvalue weighted by Crippen LogP contribution is -2.23. The van der Waals surface area contributed by atoms with Crippen molar-refractivity contribution in [2.45, 2.75) is 13.5 Å². The van der Waals surface area contributed by atoms with Gasteiger partial charge >= 0.3 is 0 Å². The van der Waals surface area contributed by atoms with Gasteiger partial charge in [-0.1, -0.05) is 0 Å². The number of carbonyl (C=O) groups excluding carboxylic acids is 1. The fourth-order valence-corrected chi connectivity index (χ4v) is 2.65. The molecule has 106 valence electrons. The van der Waals surface area contributed by atoms with E-state index in [0.29, 0.717) is 6.54 Å². The van der Waals surface area contributed by atoms with Crippen LogP contribution in [-0.2, 0) is 6.54 Å². The molecule has 1 heterocycles. The number of halogens is 2. The highest BCUT2D eigenvalue weighted by molar-refractivity contribution is 7.08. The summed E-state index contributed by atoms with van der Waals surface area (Å²) < 4.78 is 27.1. The smallest absolute Gasteiger partial charge is 0.251 e. The second-order valence-electron chi connectivity index (χ2n) is 4.33. The molecule has 0 fully saturated rings. The van der Waals surface area contributed by atoms with Gasteiger partial charge in [-0.15, -0.1) is 0 Å². The fourth-order valence-electron chi connectivity index (χ4n) is 1.79. The Labute approximate surface area is 119 Å².